The van der Waals surface area contributed by atoms with E-state index >= 15 is 0 Å². The zero-order valence-corrected chi connectivity index (χ0v) is 17.6. The van der Waals surface area contributed by atoms with Crippen molar-refractivity contribution < 1.29 is 23.2 Å². The summed E-state index contributed by atoms with van der Waals surface area (Å²) < 4.78 is 16.0. The largest absolute Gasteiger partial charge is 0.500 e. The van der Waals surface area contributed by atoms with E-state index in [0.717, 1.165) is 38.5 Å². The molecule has 0 aliphatic carbocycles. The van der Waals surface area contributed by atoms with Gasteiger partial charge in [-0.3, -0.25) is 4.79 Å². The van der Waals surface area contributed by atoms with Crippen molar-refractivity contribution in [2.24, 2.45) is 0 Å². The molecule has 0 bridgehead atoms. The first-order valence-corrected chi connectivity index (χ1v) is 11.6. The molecule has 0 rings (SSSR count). The van der Waals surface area contributed by atoms with Gasteiger partial charge in [0.15, 0.2) is 0 Å². The first-order valence-electron chi connectivity index (χ1n) is 9.63. The molecule has 0 saturated heterocycles. The molecule has 25 heavy (non-hydrogen) atoms. The molecule has 1 amide bonds. The Hall–Kier alpha value is -0.473. The lowest BCUT2D eigenvalue weighted by Crippen LogP contribution is -2.43. The van der Waals surface area contributed by atoms with E-state index in [1.54, 1.807) is 21.3 Å². The molecule has 2 N–H and O–H groups in total. The third-order valence-electron chi connectivity index (χ3n) is 4.50. The molecule has 0 aromatic heterocycles. The Balaban J connectivity index is 3.61. The van der Waals surface area contributed by atoms with Gasteiger partial charge in [-0.2, -0.15) is 0 Å². The number of aliphatic hydroxyl groups is 1. The van der Waals surface area contributed by atoms with Gasteiger partial charge in [-0.1, -0.05) is 39.0 Å². The lowest BCUT2D eigenvalue weighted by atomic mass is 10.0. The highest BCUT2D eigenvalue weighted by molar-refractivity contribution is 6.60. The summed E-state index contributed by atoms with van der Waals surface area (Å²) >= 11 is 0. The quantitative estimate of drug-likeness (QED) is 0.300. The van der Waals surface area contributed by atoms with Crippen molar-refractivity contribution in [2.45, 2.75) is 83.3 Å². The molecular formula is C18H39NO5Si. The van der Waals surface area contributed by atoms with Crippen molar-refractivity contribution in [3.05, 3.63) is 0 Å². The Labute approximate surface area is 155 Å². The topological polar surface area (TPSA) is 77.0 Å². The van der Waals surface area contributed by atoms with Gasteiger partial charge in [-0.25, -0.2) is 0 Å². The smallest absolute Gasteiger partial charge is 0.393 e. The third kappa shape index (κ3) is 12.5. The van der Waals surface area contributed by atoms with E-state index in [2.05, 4.69) is 12.2 Å². The molecule has 7 heteroatoms. The molecule has 0 aliphatic rings. The van der Waals surface area contributed by atoms with Gasteiger partial charge in [-0.05, 0) is 25.7 Å². The minimum atomic E-state index is -2.53. The van der Waals surface area contributed by atoms with E-state index in [1.165, 1.54) is 19.3 Å². The van der Waals surface area contributed by atoms with Gasteiger partial charge in [0.2, 0.25) is 5.91 Å². The molecule has 1 unspecified atom stereocenters. The normalized spacial score (nSPS) is 13.0. The Kier molecular flexibility index (Phi) is 15.5. The van der Waals surface area contributed by atoms with E-state index in [0.29, 0.717) is 19.0 Å². The number of hydrogen-bond donors (Lipinski definition) is 2. The van der Waals surface area contributed by atoms with Crippen LogP contribution in [0.2, 0.25) is 6.04 Å². The Morgan fingerprint density at radius 1 is 0.960 bits per heavy atom. The monoisotopic (exact) mass is 377 g/mol. The number of aliphatic hydroxyl groups excluding tert-OH is 1. The van der Waals surface area contributed by atoms with Crippen molar-refractivity contribution in [3.63, 3.8) is 0 Å². The molecule has 0 spiro atoms. The number of nitrogens with one attached hydrogen (secondary N) is 1. The molecule has 150 valence electrons. The van der Waals surface area contributed by atoms with Gasteiger partial charge >= 0.3 is 8.80 Å². The fourth-order valence-corrected chi connectivity index (χ4v) is 4.52. The van der Waals surface area contributed by atoms with E-state index < -0.39 is 8.80 Å². The summed E-state index contributed by atoms with van der Waals surface area (Å²) in [6.07, 6.45) is 9.25. The fraction of sp³-hybridized carbons (Fsp3) is 0.944. The minimum absolute atomic E-state index is 0.0666. The molecule has 0 aliphatic heterocycles. The van der Waals surface area contributed by atoms with Crippen molar-refractivity contribution in [3.8, 4) is 0 Å². The maximum absolute atomic E-state index is 11.8. The molecule has 1 atom stereocenters. The zero-order valence-electron chi connectivity index (χ0n) is 16.6. The third-order valence-corrected chi connectivity index (χ3v) is 7.33. The molecule has 0 fully saturated rings. The number of carbonyl (C=O) groups is 1. The van der Waals surface area contributed by atoms with Crippen molar-refractivity contribution in [1.29, 1.82) is 0 Å². The summed E-state index contributed by atoms with van der Waals surface area (Å²) in [7, 11) is 2.25. The van der Waals surface area contributed by atoms with E-state index in [1.807, 2.05) is 0 Å². The predicted molar refractivity (Wildman–Crippen MR) is 102 cm³/mol. The van der Waals surface area contributed by atoms with Crippen molar-refractivity contribution in [2.75, 3.05) is 27.9 Å². The maximum atomic E-state index is 11.8. The van der Waals surface area contributed by atoms with E-state index in [-0.39, 0.29) is 12.0 Å². The molecule has 0 aromatic carbocycles. The maximum Gasteiger partial charge on any atom is 0.500 e. The van der Waals surface area contributed by atoms with Crippen LogP contribution in [0.1, 0.15) is 71.1 Å². The van der Waals surface area contributed by atoms with Crippen LogP contribution in [0.25, 0.3) is 0 Å². The second-order valence-electron chi connectivity index (χ2n) is 6.50. The number of hydrogen-bond acceptors (Lipinski definition) is 5. The molecule has 0 heterocycles. The van der Waals surface area contributed by atoms with Crippen LogP contribution < -0.4 is 5.32 Å². The van der Waals surface area contributed by atoms with Crippen LogP contribution in [0.3, 0.4) is 0 Å². The van der Waals surface area contributed by atoms with Crippen LogP contribution in [0, 0.1) is 0 Å². The van der Waals surface area contributed by atoms with Crippen molar-refractivity contribution in [1.82, 2.24) is 5.32 Å². The Morgan fingerprint density at radius 2 is 1.56 bits per heavy atom. The second-order valence-corrected chi connectivity index (χ2v) is 9.59. The first-order chi connectivity index (χ1) is 12.0. The fourth-order valence-electron chi connectivity index (χ4n) is 2.79. The van der Waals surface area contributed by atoms with E-state index in [4.69, 9.17) is 13.3 Å². The van der Waals surface area contributed by atoms with Gasteiger partial charge in [0.05, 0.1) is 6.10 Å². The highest BCUT2D eigenvalue weighted by Gasteiger charge is 2.36. The Bertz CT molecular complexity index is 318. The summed E-state index contributed by atoms with van der Waals surface area (Å²) in [6, 6.07) is 0.682. The standard InChI is InChI=1S/C18H39NO5Si/c1-5-6-7-8-12-17(20)13-9-10-14-18(21)19-15-11-16-25(22-2,23-3)24-4/h17,20H,5-16H2,1-4H3,(H,19,21). The highest BCUT2D eigenvalue weighted by atomic mass is 28.4. The van der Waals surface area contributed by atoms with Crippen molar-refractivity contribution >= 4 is 14.7 Å². The van der Waals surface area contributed by atoms with Crippen LogP contribution in [0.5, 0.6) is 0 Å². The first kappa shape index (κ1) is 24.5. The predicted octanol–water partition coefficient (Wildman–Crippen LogP) is 3.26. The summed E-state index contributed by atoms with van der Waals surface area (Å²) in [5.41, 5.74) is 0. The highest BCUT2D eigenvalue weighted by Crippen LogP contribution is 2.14. The van der Waals surface area contributed by atoms with Crippen LogP contribution in [0.4, 0.5) is 0 Å². The molecular weight excluding hydrogens is 338 g/mol. The molecule has 0 radical (unpaired) electrons. The average molecular weight is 378 g/mol. The van der Waals surface area contributed by atoms with Crippen LogP contribution in [-0.2, 0) is 18.1 Å². The van der Waals surface area contributed by atoms with Crippen LogP contribution in [0.15, 0.2) is 0 Å². The van der Waals surface area contributed by atoms with Crippen LogP contribution >= 0.6 is 0 Å². The summed E-state index contributed by atoms with van der Waals surface area (Å²) in [5, 5.41) is 12.8. The Morgan fingerprint density at radius 3 is 2.12 bits per heavy atom. The second kappa shape index (κ2) is 15.8. The number of amides is 1. The minimum Gasteiger partial charge on any atom is -0.393 e. The van der Waals surface area contributed by atoms with Gasteiger partial charge in [0.1, 0.15) is 0 Å². The average Bonchev–Trinajstić information content (AvgIpc) is 2.63. The van der Waals surface area contributed by atoms with Gasteiger partial charge in [0, 0.05) is 40.3 Å². The summed E-state index contributed by atoms with van der Waals surface area (Å²) in [4.78, 5) is 11.8. The zero-order chi connectivity index (χ0) is 19.0. The number of rotatable bonds is 17. The number of carbonyl (C=O) groups excluding carboxylic acids is 1. The van der Waals surface area contributed by atoms with Gasteiger partial charge in [0.25, 0.3) is 0 Å². The lowest BCUT2D eigenvalue weighted by Gasteiger charge is -2.24. The number of unbranched alkanes of at least 4 members (excludes halogenated alkanes) is 4. The SMILES string of the molecule is CCCCCCC(O)CCCCC(=O)NCCC[Si](OC)(OC)OC. The summed E-state index contributed by atoms with van der Waals surface area (Å²) in [6.45, 7) is 2.79. The molecule has 6 nitrogen and oxygen atoms in total. The summed E-state index contributed by atoms with van der Waals surface area (Å²) in [5.74, 6) is 0.0666. The van der Waals surface area contributed by atoms with Gasteiger partial charge in [-0.15, -0.1) is 0 Å². The molecule has 0 saturated carbocycles. The van der Waals surface area contributed by atoms with Crippen LogP contribution in [-0.4, -0.2) is 53.8 Å². The van der Waals surface area contributed by atoms with E-state index in [9.17, 15) is 9.90 Å². The molecule has 0 aromatic rings. The van der Waals surface area contributed by atoms with Gasteiger partial charge < -0.3 is 23.7 Å². The lowest BCUT2D eigenvalue weighted by molar-refractivity contribution is -0.121.